The summed E-state index contributed by atoms with van der Waals surface area (Å²) in [6, 6.07) is 10.5. The molecule has 0 fully saturated rings. The van der Waals surface area contributed by atoms with E-state index in [1.807, 2.05) is 26.0 Å². The number of hydrogen-bond donors (Lipinski definition) is 2. The van der Waals surface area contributed by atoms with Crippen molar-refractivity contribution in [2.24, 2.45) is 0 Å². The summed E-state index contributed by atoms with van der Waals surface area (Å²) in [7, 11) is 0. The van der Waals surface area contributed by atoms with Gasteiger partial charge in [0.25, 0.3) is 0 Å². The third-order valence-corrected chi connectivity index (χ3v) is 1.89. The third kappa shape index (κ3) is 5.40. The molecule has 3 nitrogen and oxygen atoms in total. The van der Waals surface area contributed by atoms with Crippen molar-refractivity contribution in [3.05, 3.63) is 30.3 Å². The molecule has 0 saturated carbocycles. The zero-order valence-electron chi connectivity index (χ0n) is 9.23. The highest BCUT2D eigenvalue weighted by molar-refractivity contribution is 5.20. The second-order valence-corrected chi connectivity index (χ2v) is 3.76. The van der Waals surface area contributed by atoms with Crippen molar-refractivity contribution in [3.63, 3.8) is 0 Å². The van der Waals surface area contributed by atoms with E-state index in [1.54, 1.807) is 12.1 Å². The summed E-state index contributed by atoms with van der Waals surface area (Å²) >= 11 is 0. The number of hydrogen-bond acceptors (Lipinski definition) is 3. The molecule has 15 heavy (non-hydrogen) atoms. The van der Waals surface area contributed by atoms with Crippen LogP contribution in [0.15, 0.2) is 24.3 Å². The van der Waals surface area contributed by atoms with Crippen LogP contribution >= 0.6 is 0 Å². The van der Waals surface area contributed by atoms with Crippen molar-refractivity contribution >= 4 is 0 Å². The summed E-state index contributed by atoms with van der Waals surface area (Å²) in [5.74, 6) is 0.761. The van der Waals surface area contributed by atoms with Crippen LogP contribution < -0.4 is 10.1 Å². The van der Waals surface area contributed by atoms with Crippen LogP contribution in [0, 0.1) is 6.07 Å². The first-order valence-electron chi connectivity index (χ1n) is 5.19. The van der Waals surface area contributed by atoms with E-state index in [9.17, 15) is 5.11 Å². The summed E-state index contributed by atoms with van der Waals surface area (Å²) in [5, 5.41) is 12.7. The molecule has 1 unspecified atom stereocenters. The smallest absolute Gasteiger partial charge is 0.119 e. The molecule has 1 rings (SSSR count). The quantitative estimate of drug-likeness (QED) is 0.738. The van der Waals surface area contributed by atoms with E-state index >= 15 is 0 Å². The Morgan fingerprint density at radius 2 is 2.07 bits per heavy atom. The fraction of sp³-hybridized carbons (Fsp3) is 0.500. The van der Waals surface area contributed by atoms with Gasteiger partial charge in [-0.15, -0.1) is 0 Å². The molecule has 83 valence electrons. The number of ether oxygens (including phenoxy) is 1. The molecule has 0 aliphatic rings. The monoisotopic (exact) mass is 208 g/mol. The maximum absolute atomic E-state index is 9.56. The summed E-state index contributed by atoms with van der Waals surface area (Å²) < 4.78 is 5.39. The van der Waals surface area contributed by atoms with Gasteiger partial charge >= 0.3 is 0 Å². The first-order valence-corrected chi connectivity index (χ1v) is 5.19. The molecule has 0 aliphatic heterocycles. The Morgan fingerprint density at radius 1 is 1.40 bits per heavy atom. The minimum Gasteiger partial charge on any atom is -0.491 e. The topological polar surface area (TPSA) is 41.5 Å². The van der Waals surface area contributed by atoms with Crippen LogP contribution in [0.3, 0.4) is 0 Å². The van der Waals surface area contributed by atoms with Crippen LogP contribution in [-0.4, -0.2) is 30.4 Å². The molecule has 2 N–H and O–H groups in total. The van der Waals surface area contributed by atoms with Crippen LogP contribution in [0.2, 0.25) is 0 Å². The highest BCUT2D eigenvalue weighted by atomic mass is 16.5. The molecular weight excluding hydrogens is 190 g/mol. The van der Waals surface area contributed by atoms with Crippen molar-refractivity contribution in [3.8, 4) is 5.75 Å². The maximum Gasteiger partial charge on any atom is 0.119 e. The van der Waals surface area contributed by atoms with Gasteiger partial charge in [-0.1, -0.05) is 26.0 Å². The van der Waals surface area contributed by atoms with Gasteiger partial charge in [0.15, 0.2) is 0 Å². The Kier molecular flexibility index (Phi) is 5.15. The van der Waals surface area contributed by atoms with Crippen molar-refractivity contribution in [2.45, 2.75) is 26.0 Å². The Hall–Kier alpha value is -1.06. The molecule has 0 aliphatic carbocycles. The molecule has 0 amide bonds. The van der Waals surface area contributed by atoms with Crippen LogP contribution in [0.25, 0.3) is 0 Å². The van der Waals surface area contributed by atoms with Crippen molar-refractivity contribution < 1.29 is 9.84 Å². The van der Waals surface area contributed by atoms with E-state index in [0.29, 0.717) is 19.2 Å². The lowest BCUT2D eigenvalue weighted by Gasteiger charge is -2.14. The fourth-order valence-corrected chi connectivity index (χ4v) is 1.09. The highest BCUT2D eigenvalue weighted by Gasteiger charge is 2.05. The van der Waals surface area contributed by atoms with Crippen LogP contribution in [0.1, 0.15) is 13.8 Å². The SMILES string of the molecule is CC(C)NCC(O)COc1cc[c]cc1. The number of aliphatic hydroxyl groups is 1. The van der Waals surface area contributed by atoms with Gasteiger partial charge in [-0.05, 0) is 18.2 Å². The zero-order valence-corrected chi connectivity index (χ0v) is 9.23. The maximum atomic E-state index is 9.56. The second kappa shape index (κ2) is 6.43. The minimum atomic E-state index is -0.475. The van der Waals surface area contributed by atoms with E-state index < -0.39 is 6.10 Å². The van der Waals surface area contributed by atoms with E-state index in [-0.39, 0.29) is 0 Å². The first-order chi connectivity index (χ1) is 7.18. The average Bonchev–Trinajstić information content (AvgIpc) is 2.25. The highest BCUT2D eigenvalue weighted by Crippen LogP contribution is 2.07. The van der Waals surface area contributed by atoms with E-state index in [0.717, 1.165) is 5.75 Å². The Labute approximate surface area is 91.1 Å². The van der Waals surface area contributed by atoms with E-state index in [2.05, 4.69) is 11.4 Å². The van der Waals surface area contributed by atoms with Gasteiger partial charge in [0.2, 0.25) is 0 Å². The van der Waals surface area contributed by atoms with Gasteiger partial charge in [0.05, 0.1) is 0 Å². The van der Waals surface area contributed by atoms with Gasteiger partial charge in [0, 0.05) is 12.6 Å². The molecule has 1 aromatic carbocycles. The third-order valence-electron chi connectivity index (χ3n) is 1.89. The number of rotatable bonds is 6. The second-order valence-electron chi connectivity index (χ2n) is 3.76. The van der Waals surface area contributed by atoms with Crippen LogP contribution in [-0.2, 0) is 0 Å². The Bertz CT molecular complexity index is 262. The summed E-state index contributed by atoms with van der Waals surface area (Å²) in [6.45, 7) is 4.95. The number of nitrogens with one attached hydrogen (secondary N) is 1. The molecule has 0 spiro atoms. The largest absolute Gasteiger partial charge is 0.491 e. The van der Waals surface area contributed by atoms with Gasteiger partial charge < -0.3 is 15.2 Å². The lowest BCUT2D eigenvalue weighted by molar-refractivity contribution is 0.104. The fourth-order valence-electron chi connectivity index (χ4n) is 1.09. The summed E-state index contributed by atoms with van der Waals surface area (Å²) in [5.41, 5.74) is 0. The molecule has 1 radical (unpaired) electrons. The molecule has 1 aromatic rings. The van der Waals surface area contributed by atoms with Crippen molar-refractivity contribution in [1.82, 2.24) is 5.32 Å². The standard InChI is InChI=1S/C12H18NO2/c1-10(2)13-8-11(14)9-15-12-6-4-3-5-7-12/h4-7,10-11,13-14H,8-9H2,1-2H3. The predicted molar refractivity (Wildman–Crippen MR) is 59.9 cm³/mol. The van der Waals surface area contributed by atoms with E-state index in [1.165, 1.54) is 0 Å². The Balaban J connectivity index is 2.19. The van der Waals surface area contributed by atoms with Gasteiger partial charge in [0.1, 0.15) is 18.5 Å². The zero-order chi connectivity index (χ0) is 11.1. The van der Waals surface area contributed by atoms with E-state index in [4.69, 9.17) is 4.74 Å². The molecule has 0 heterocycles. The lowest BCUT2D eigenvalue weighted by Crippen LogP contribution is -2.35. The molecular formula is C12H18NO2. The summed E-state index contributed by atoms with van der Waals surface area (Å²) in [6.07, 6.45) is -0.475. The van der Waals surface area contributed by atoms with Gasteiger partial charge in [-0.25, -0.2) is 0 Å². The Morgan fingerprint density at radius 3 is 2.67 bits per heavy atom. The normalized spacial score (nSPS) is 12.8. The number of benzene rings is 1. The number of aliphatic hydroxyl groups excluding tert-OH is 1. The molecule has 3 heteroatoms. The van der Waals surface area contributed by atoms with Gasteiger partial charge in [-0.2, -0.15) is 0 Å². The molecule has 0 aromatic heterocycles. The molecule has 0 saturated heterocycles. The van der Waals surface area contributed by atoms with Crippen LogP contribution in [0.5, 0.6) is 5.75 Å². The average molecular weight is 208 g/mol. The lowest BCUT2D eigenvalue weighted by atomic mass is 10.3. The first kappa shape index (κ1) is 12.0. The van der Waals surface area contributed by atoms with Crippen molar-refractivity contribution in [1.29, 1.82) is 0 Å². The predicted octanol–water partition coefficient (Wildman–Crippen LogP) is 1.22. The molecule has 1 atom stereocenters. The van der Waals surface area contributed by atoms with Crippen LogP contribution in [0.4, 0.5) is 0 Å². The summed E-state index contributed by atoms with van der Waals surface area (Å²) in [4.78, 5) is 0. The minimum absolute atomic E-state index is 0.309. The molecule has 0 bridgehead atoms. The van der Waals surface area contributed by atoms with Gasteiger partial charge in [-0.3, -0.25) is 0 Å². The van der Waals surface area contributed by atoms with Crippen molar-refractivity contribution in [2.75, 3.05) is 13.2 Å².